The second-order valence-electron chi connectivity index (χ2n) is 5.17. The summed E-state index contributed by atoms with van der Waals surface area (Å²) in [6.07, 6.45) is 3.94. The van der Waals surface area contributed by atoms with Crippen LogP contribution >= 0.6 is 11.8 Å². The molecule has 0 saturated heterocycles. The van der Waals surface area contributed by atoms with E-state index in [2.05, 4.69) is 16.8 Å². The molecule has 0 unspecified atom stereocenters. The maximum Gasteiger partial charge on any atom is 0.284 e. The van der Waals surface area contributed by atoms with Crippen molar-refractivity contribution in [2.24, 2.45) is 0 Å². The molecule has 23 heavy (non-hydrogen) atoms. The minimum atomic E-state index is -0.487. The lowest BCUT2D eigenvalue weighted by atomic mass is 10.2. The van der Waals surface area contributed by atoms with Crippen molar-refractivity contribution >= 4 is 17.4 Å². The maximum atomic E-state index is 11.2. The second-order valence-corrected chi connectivity index (χ2v) is 6.18. The molecular weight excluding hydrogens is 314 g/mol. The first-order chi connectivity index (χ1) is 11.1. The average molecular weight is 327 g/mol. The van der Waals surface area contributed by atoms with Gasteiger partial charge >= 0.3 is 0 Å². The number of aromatic nitrogens is 3. The third kappa shape index (κ3) is 3.10. The van der Waals surface area contributed by atoms with Crippen molar-refractivity contribution in [2.45, 2.75) is 35.4 Å². The molecule has 0 aliphatic heterocycles. The number of nitriles is 1. The van der Waals surface area contributed by atoms with Gasteiger partial charge in [0.15, 0.2) is 5.16 Å². The minimum absolute atomic E-state index is 0.102. The number of rotatable bonds is 6. The molecule has 1 aromatic heterocycles. The number of nitrogens with zero attached hydrogens (tertiary/aromatic N) is 5. The molecule has 7 nitrogen and oxygen atoms in total. The topological polar surface area (TPSA) is 97.6 Å². The van der Waals surface area contributed by atoms with E-state index >= 15 is 0 Å². The predicted octanol–water partition coefficient (Wildman–Crippen LogP) is 3.27. The van der Waals surface area contributed by atoms with Crippen LogP contribution in [0.15, 0.2) is 40.9 Å². The summed E-state index contributed by atoms with van der Waals surface area (Å²) in [7, 11) is 0. The predicted molar refractivity (Wildman–Crippen MR) is 84.1 cm³/mol. The largest absolute Gasteiger partial charge is 0.302 e. The highest BCUT2D eigenvalue weighted by atomic mass is 32.2. The molecule has 0 amide bonds. The van der Waals surface area contributed by atoms with Gasteiger partial charge in [0.05, 0.1) is 21.5 Å². The van der Waals surface area contributed by atoms with Crippen LogP contribution in [0.4, 0.5) is 5.69 Å². The molecule has 0 atom stereocenters. The lowest BCUT2D eigenvalue weighted by molar-refractivity contribution is -0.387. The molecule has 0 radical (unpaired) electrons. The summed E-state index contributed by atoms with van der Waals surface area (Å²) in [5.41, 5.74) is 0.155. The molecule has 1 saturated carbocycles. The van der Waals surface area contributed by atoms with Crippen LogP contribution in [0.2, 0.25) is 0 Å². The highest BCUT2D eigenvalue weighted by Gasteiger charge is 2.30. The fraction of sp³-hybridized carbons (Fsp3) is 0.267. The van der Waals surface area contributed by atoms with Gasteiger partial charge in [0, 0.05) is 18.5 Å². The Labute approximate surface area is 136 Å². The van der Waals surface area contributed by atoms with Crippen LogP contribution in [0, 0.1) is 21.4 Å². The van der Waals surface area contributed by atoms with E-state index in [-0.39, 0.29) is 11.3 Å². The molecule has 116 valence electrons. The Kier molecular flexibility index (Phi) is 4.12. The lowest BCUT2D eigenvalue weighted by Crippen LogP contribution is -2.03. The Balaban J connectivity index is 1.97. The molecule has 0 N–H and O–H groups in total. The normalized spacial score (nSPS) is 13.5. The number of benzene rings is 1. The van der Waals surface area contributed by atoms with E-state index in [0.29, 0.717) is 22.5 Å². The summed E-state index contributed by atoms with van der Waals surface area (Å²) in [6, 6.07) is 6.32. The smallest absolute Gasteiger partial charge is 0.284 e. The molecule has 8 heteroatoms. The van der Waals surface area contributed by atoms with E-state index in [4.69, 9.17) is 5.26 Å². The fourth-order valence-corrected chi connectivity index (χ4v) is 3.16. The SMILES string of the molecule is C=CCn1c(Sc2ccc(C#N)cc2[N+](=O)[O-])nnc1C1CC1. The molecule has 3 rings (SSSR count). The van der Waals surface area contributed by atoms with Crippen LogP contribution in [-0.4, -0.2) is 19.7 Å². The second kappa shape index (κ2) is 6.22. The molecule has 1 fully saturated rings. The summed E-state index contributed by atoms with van der Waals surface area (Å²) in [5.74, 6) is 1.33. The van der Waals surface area contributed by atoms with Gasteiger partial charge in [0.25, 0.3) is 5.69 Å². The van der Waals surface area contributed by atoms with Crippen molar-refractivity contribution < 1.29 is 4.92 Å². The summed E-state index contributed by atoms with van der Waals surface area (Å²) in [5, 5.41) is 29.1. The van der Waals surface area contributed by atoms with Crippen LogP contribution < -0.4 is 0 Å². The van der Waals surface area contributed by atoms with Gasteiger partial charge in [-0.05, 0) is 36.7 Å². The van der Waals surface area contributed by atoms with E-state index in [1.165, 1.54) is 17.8 Å². The van der Waals surface area contributed by atoms with E-state index in [1.54, 1.807) is 18.2 Å². The first-order valence-electron chi connectivity index (χ1n) is 7.04. The first-order valence-corrected chi connectivity index (χ1v) is 7.86. The highest BCUT2D eigenvalue weighted by molar-refractivity contribution is 7.99. The number of hydrogen-bond donors (Lipinski definition) is 0. The van der Waals surface area contributed by atoms with Gasteiger partial charge < -0.3 is 4.57 Å². The zero-order valence-electron chi connectivity index (χ0n) is 12.2. The standard InChI is InChI=1S/C15H13N5O2S/c1-2-7-19-14(11-4-5-11)17-18-15(19)23-13-6-3-10(9-16)8-12(13)20(21)22/h2-3,6,8,11H,1,4-5,7H2. The van der Waals surface area contributed by atoms with Gasteiger partial charge in [-0.15, -0.1) is 16.8 Å². The van der Waals surface area contributed by atoms with Crippen molar-refractivity contribution in [3.05, 3.63) is 52.4 Å². The molecule has 1 aliphatic rings. The van der Waals surface area contributed by atoms with E-state index in [9.17, 15) is 10.1 Å². The van der Waals surface area contributed by atoms with Crippen molar-refractivity contribution in [3.63, 3.8) is 0 Å². The van der Waals surface area contributed by atoms with Gasteiger partial charge in [-0.25, -0.2) is 0 Å². The minimum Gasteiger partial charge on any atom is -0.302 e. The van der Waals surface area contributed by atoms with Crippen LogP contribution in [0.5, 0.6) is 0 Å². The zero-order chi connectivity index (χ0) is 16.4. The Morgan fingerprint density at radius 3 is 2.91 bits per heavy atom. The summed E-state index contributed by atoms with van der Waals surface area (Å²) in [4.78, 5) is 11.2. The average Bonchev–Trinajstić information content (AvgIpc) is 3.32. The van der Waals surface area contributed by atoms with Gasteiger partial charge in [0.2, 0.25) is 0 Å². The van der Waals surface area contributed by atoms with Crippen LogP contribution in [0.25, 0.3) is 0 Å². The number of allylic oxidation sites excluding steroid dienone is 1. The van der Waals surface area contributed by atoms with Gasteiger partial charge in [-0.2, -0.15) is 5.26 Å². The van der Waals surface area contributed by atoms with E-state index in [1.807, 2.05) is 10.6 Å². The first kappa shape index (κ1) is 15.2. The van der Waals surface area contributed by atoms with Gasteiger partial charge in [-0.1, -0.05) is 6.08 Å². The molecule has 2 aromatic rings. The zero-order valence-corrected chi connectivity index (χ0v) is 13.0. The molecule has 1 heterocycles. The summed E-state index contributed by atoms with van der Waals surface area (Å²) >= 11 is 1.18. The van der Waals surface area contributed by atoms with E-state index in [0.717, 1.165) is 18.7 Å². The van der Waals surface area contributed by atoms with E-state index < -0.39 is 4.92 Å². The maximum absolute atomic E-state index is 11.2. The summed E-state index contributed by atoms with van der Waals surface area (Å²) < 4.78 is 1.94. The Hall–Kier alpha value is -2.66. The van der Waals surface area contributed by atoms with Crippen LogP contribution in [-0.2, 0) is 6.54 Å². The number of nitro benzene ring substituents is 1. The van der Waals surface area contributed by atoms with Crippen molar-refractivity contribution in [3.8, 4) is 6.07 Å². The molecular formula is C15H13N5O2S. The van der Waals surface area contributed by atoms with Crippen molar-refractivity contribution in [1.82, 2.24) is 14.8 Å². The third-order valence-electron chi connectivity index (χ3n) is 3.49. The number of hydrogen-bond acceptors (Lipinski definition) is 6. The van der Waals surface area contributed by atoms with Crippen LogP contribution in [0.3, 0.4) is 0 Å². The van der Waals surface area contributed by atoms with Crippen LogP contribution in [0.1, 0.15) is 30.1 Å². The highest BCUT2D eigenvalue weighted by Crippen LogP contribution is 2.41. The van der Waals surface area contributed by atoms with Gasteiger partial charge in [0.1, 0.15) is 5.82 Å². The Morgan fingerprint density at radius 2 is 2.30 bits per heavy atom. The molecule has 0 bridgehead atoms. The Morgan fingerprint density at radius 1 is 1.52 bits per heavy atom. The fourth-order valence-electron chi connectivity index (χ4n) is 2.23. The Bertz CT molecular complexity index is 820. The summed E-state index contributed by atoms with van der Waals surface area (Å²) in [6.45, 7) is 4.30. The monoisotopic (exact) mass is 327 g/mol. The molecule has 1 aromatic carbocycles. The van der Waals surface area contributed by atoms with Gasteiger partial charge in [-0.3, -0.25) is 10.1 Å². The molecule has 0 spiro atoms. The molecule has 1 aliphatic carbocycles. The lowest BCUT2D eigenvalue weighted by Gasteiger charge is -2.07. The quantitative estimate of drug-likeness (QED) is 0.459. The van der Waals surface area contributed by atoms with Crippen molar-refractivity contribution in [1.29, 1.82) is 5.26 Å². The third-order valence-corrected chi connectivity index (χ3v) is 4.54. The van der Waals surface area contributed by atoms with Crippen molar-refractivity contribution in [2.75, 3.05) is 0 Å². The number of nitro groups is 1.